The highest BCUT2D eigenvalue weighted by Crippen LogP contribution is 2.16. The van der Waals surface area contributed by atoms with Crippen LogP contribution in [0.4, 0.5) is 0 Å². The van der Waals surface area contributed by atoms with E-state index in [1.54, 1.807) is 0 Å². The molecule has 0 radical (unpaired) electrons. The number of hydrogen-bond acceptors (Lipinski definition) is 3. The number of allylic oxidation sites excluding steroid dienone is 4. The number of unbranched alkanes of at least 4 members (excludes halogenated alkanes) is 5. The summed E-state index contributed by atoms with van der Waals surface area (Å²) in [6.45, 7) is 1.82. The van der Waals surface area contributed by atoms with Gasteiger partial charge in [-0.15, -0.1) is 0 Å². The van der Waals surface area contributed by atoms with Crippen molar-refractivity contribution in [1.82, 2.24) is 0 Å². The number of carbonyl (C=O) groups is 2. The summed E-state index contributed by atoms with van der Waals surface area (Å²) in [5.74, 6) is -0.0933. The predicted octanol–water partition coefficient (Wildman–Crippen LogP) is 3.12. The van der Waals surface area contributed by atoms with E-state index < -0.39 is 0 Å². The normalized spacial score (nSPS) is 16.6. The first-order chi connectivity index (χ1) is 9.09. The van der Waals surface area contributed by atoms with E-state index in [0.29, 0.717) is 12.0 Å². The minimum atomic E-state index is -0.185. The van der Waals surface area contributed by atoms with E-state index in [1.807, 2.05) is 6.92 Å². The molecule has 1 rings (SSSR count). The molecule has 1 unspecified atom stereocenters. The number of ketones is 2. The molecule has 1 aliphatic carbocycles. The average Bonchev–Trinajstić information content (AvgIpc) is 2.36. The molecule has 0 spiro atoms. The summed E-state index contributed by atoms with van der Waals surface area (Å²) in [7, 11) is 0. The Bertz CT molecular complexity index is 364. The quantitative estimate of drug-likeness (QED) is 0.514. The first-order valence-corrected chi connectivity index (χ1v) is 7.24. The van der Waals surface area contributed by atoms with Gasteiger partial charge >= 0.3 is 0 Å². The van der Waals surface area contributed by atoms with Gasteiger partial charge in [-0.25, -0.2) is 0 Å². The van der Waals surface area contributed by atoms with Crippen LogP contribution in [0.15, 0.2) is 23.8 Å². The summed E-state index contributed by atoms with van der Waals surface area (Å²) >= 11 is 0. The molecule has 0 aromatic rings. The molecular weight excluding hydrogens is 240 g/mol. The highest BCUT2D eigenvalue weighted by Gasteiger charge is 2.12. The smallest absolute Gasteiger partial charge is 0.182 e. The number of aliphatic hydroxyl groups excluding tert-OH is 1. The van der Waals surface area contributed by atoms with E-state index in [4.69, 9.17) is 5.11 Å². The van der Waals surface area contributed by atoms with Crippen molar-refractivity contribution in [1.29, 1.82) is 0 Å². The van der Waals surface area contributed by atoms with Gasteiger partial charge in [0.1, 0.15) is 0 Å². The molecule has 0 aromatic heterocycles. The van der Waals surface area contributed by atoms with Gasteiger partial charge in [-0.1, -0.05) is 32.1 Å². The Balaban J connectivity index is 2.02. The number of hydrogen-bond donors (Lipinski definition) is 1. The molecule has 0 fully saturated rings. The molecule has 3 nitrogen and oxygen atoms in total. The van der Waals surface area contributed by atoms with E-state index in [9.17, 15) is 9.59 Å². The minimum absolute atomic E-state index is 0.0171. The van der Waals surface area contributed by atoms with E-state index in [0.717, 1.165) is 38.5 Å². The SMILES string of the molecule is CC(O)CCCCCCCCC1=CC(=O)C=CC1=O. The summed E-state index contributed by atoms with van der Waals surface area (Å²) in [6.07, 6.45) is 12.2. The Kier molecular flexibility index (Phi) is 7.34. The fourth-order valence-corrected chi connectivity index (χ4v) is 2.21. The second-order valence-electron chi connectivity index (χ2n) is 5.28. The van der Waals surface area contributed by atoms with Crippen LogP contribution in [0.3, 0.4) is 0 Å². The summed E-state index contributed by atoms with van der Waals surface area (Å²) in [4.78, 5) is 22.6. The van der Waals surface area contributed by atoms with E-state index in [-0.39, 0.29) is 17.7 Å². The second-order valence-corrected chi connectivity index (χ2v) is 5.28. The molecule has 0 aromatic carbocycles. The highest BCUT2D eigenvalue weighted by molar-refractivity contribution is 6.17. The van der Waals surface area contributed by atoms with Gasteiger partial charge in [0.25, 0.3) is 0 Å². The zero-order valence-corrected chi connectivity index (χ0v) is 11.7. The molecular formula is C16H24O3. The van der Waals surface area contributed by atoms with Crippen molar-refractivity contribution < 1.29 is 14.7 Å². The third kappa shape index (κ3) is 7.06. The van der Waals surface area contributed by atoms with Crippen LogP contribution in [0.25, 0.3) is 0 Å². The Morgan fingerprint density at radius 2 is 1.63 bits per heavy atom. The van der Waals surface area contributed by atoms with Crippen LogP contribution in [0, 0.1) is 0 Å². The van der Waals surface area contributed by atoms with Gasteiger partial charge in [0.15, 0.2) is 11.6 Å². The summed E-state index contributed by atoms with van der Waals surface area (Å²) in [5, 5.41) is 9.11. The van der Waals surface area contributed by atoms with Crippen molar-refractivity contribution in [2.45, 2.75) is 64.4 Å². The fourth-order valence-electron chi connectivity index (χ4n) is 2.21. The van der Waals surface area contributed by atoms with Gasteiger partial charge in [-0.2, -0.15) is 0 Å². The lowest BCUT2D eigenvalue weighted by atomic mass is 9.97. The molecule has 106 valence electrons. The number of aliphatic hydroxyl groups is 1. The van der Waals surface area contributed by atoms with Crippen LogP contribution >= 0.6 is 0 Å². The molecule has 0 bridgehead atoms. The maximum atomic E-state index is 11.5. The third-order valence-corrected chi connectivity index (χ3v) is 3.35. The van der Waals surface area contributed by atoms with E-state index >= 15 is 0 Å². The molecule has 0 saturated heterocycles. The van der Waals surface area contributed by atoms with Crippen molar-refractivity contribution in [2.75, 3.05) is 0 Å². The molecule has 1 N–H and O–H groups in total. The Hall–Kier alpha value is -1.22. The van der Waals surface area contributed by atoms with Gasteiger partial charge in [0.2, 0.25) is 0 Å². The predicted molar refractivity (Wildman–Crippen MR) is 75.9 cm³/mol. The molecule has 1 aliphatic rings. The van der Waals surface area contributed by atoms with Gasteiger partial charge in [-0.3, -0.25) is 9.59 Å². The van der Waals surface area contributed by atoms with Crippen molar-refractivity contribution in [3.05, 3.63) is 23.8 Å². The van der Waals surface area contributed by atoms with Crippen LogP contribution < -0.4 is 0 Å². The summed E-state index contributed by atoms with van der Waals surface area (Å²) in [5.41, 5.74) is 0.654. The van der Waals surface area contributed by atoms with Crippen molar-refractivity contribution in [2.24, 2.45) is 0 Å². The van der Waals surface area contributed by atoms with Crippen LogP contribution in [-0.4, -0.2) is 22.8 Å². The molecule has 0 saturated carbocycles. The van der Waals surface area contributed by atoms with Gasteiger partial charge in [0, 0.05) is 5.57 Å². The zero-order chi connectivity index (χ0) is 14.1. The average molecular weight is 264 g/mol. The van der Waals surface area contributed by atoms with Gasteiger partial charge < -0.3 is 5.11 Å². The van der Waals surface area contributed by atoms with E-state index in [1.165, 1.54) is 24.6 Å². The minimum Gasteiger partial charge on any atom is -0.393 e. The van der Waals surface area contributed by atoms with Crippen LogP contribution in [-0.2, 0) is 9.59 Å². The Morgan fingerprint density at radius 1 is 1.00 bits per heavy atom. The van der Waals surface area contributed by atoms with Crippen molar-refractivity contribution >= 4 is 11.6 Å². The van der Waals surface area contributed by atoms with Crippen molar-refractivity contribution in [3.63, 3.8) is 0 Å². The van der Waals surface area contributed by atoms with Crippen molar-refractivity contribution in [3.8, 4) is 0 Å². The van der Waals surface area contributed by atoms with Crippen LogP contribution in [0.1, 0.15) is 58.3 Å². The third-order valence-electron chi connectivity index (χ3n) is 3.35. The topological polar surface area (TPSA) is 54.4 Å². The monoisotopic (exact) mass is 264 g/mol. The largest absolute Gasteiger partial charge is 0.393 e. The molecule has 19 heavy (non-hydrogen) atoms. The van der Waals surface area contributed by atoms with Crippen LogP contribution in [0.2, 0.25) is 0 Å². The lowest BCUT2D eigenvalue weighted by Gasteiger charge is -2.07. The molecule has 0 amide bonds. The molecule has 3 heteroatoms. The molecule has 0 aliphatic heterocycles. The summed E-state index contributed by atoms with van der Waals surface area (Å²) in [6, 6.07) is 0. The Morgan fingerprint density at radius 3 is 2.32 bits per heavy atom. The standard InChI is InChI=1S/C16H24O3/c1-13(17)8-6-4-2-3-5-7-9-14-12-15(18)10-11-16(14)19/h10-13,17H,2-9H2,1H3. The highest BCUT2D eigenvalue weighted by atomic mass is 16.3. The summed E-state index contributed by atoms with van der Waals surface area (Å²) < 4.78 is 0. The molecule has 0 heterocycles. The lowest BCUT2D eigenvalue weighted by molar-refractivity contribution is -0.114. The first-order valence-electron chi connectivity index (χ1n) is 7.24. The zero-order valence-electron chi connectivity index (χ0n) is 11.7. The number of rotatable bonds is 9. The second kappa shape index (κ2) is 8.81. The fraction of sp³-hybridized carbons (Fsp3) is 0.625. The Labute approximate surface area is 115 Å². The van der Waals surface area contributed by atoms with Gasteiger partial charge in [-0.05, 0) is 44.4 Å². The van der Waals surface area contributed by atoms with Crippen LogP contribution in [0.5, 0.6) is 0 Å². The number of carbonyl (C=O) groups excluding carboxylic acids is 2. The lowest BCUT2D eigenvalue weighted by Crippen LogP contribution is -2.07. The first kappa shape index (κ1) is 15.8. The maximum absolute atomic E-state index is 11.5. The van der Waals surface area contributed by atoms with Gasteiger partial charge in [0.05, 0.1) is 6.10 Å². The molecule has 1 atom stereocenters. The van der Waals surface area contributed by atoms with E-state index in [2.05, 4.69) is 0 Å². The maximum Gasteiger partial charge on any atom is 0.182 e.